The van der Waals surface area contributed by atoms with Crippen molar-refractivity contribution < 1.29 is 4.74 Å². The lowest BCUT2D eigenvalue weighted by molar-refractivity contribution is 0.414. The second-order valence-electron chi connectivity index (χ2n) is 3.13. The molecule has 0 heterocycles. The molecule has 0 aliphatic carbocycles. The fraction of sp³-hybridized carbons (Fsp3) is 0.385. The minimum atomic E-state index is 0.837. The van der Waals surface area contributed by atoms with Crippen LogP contribution in [0.1, 0.15) is 25.3 Å². The third-order valence-corrected chi connectivity index (χ3v) is 1.95. The molecule has 0 fully saturated rings. The zero-order chi connectivity index (χ0) is 10.2. The average molecular weight is 188 g/mol. The lowest BCUT2D eigenvalue weighted by Crippen LogP contribution is -1.84. The Morgan fingerprint density at radius 3 is 2.43 bits per heavy atom. The van der Waals surface area contributed by atoms with Crippen molar-refractivity contribution in [3.05, 3.63) is 29.8 Å². The van der Waals surface area contributed by atoms with Gasteiger partial charge in [0.2, 0.25) is 0 Å². The first-order chi connectivity index (χ1) is 6.86. The summed E-state index contributed by atoms with van der Waals surface area (Å²) in [6, 6.07) is 8.05. The van der Waals surface area contributed by atoms with E-state index in [1.807, 2.05) is 12.1 Å². The van der Waals surface area contributed by atoms with Crippen molar-refractivity contribution in [3.63, 3.8) is 0 Å². The molecule has 0 amide bonds. The highest BCUT2D eigenvalue weighted by molar-refractivity contribution is 5.29. The summed E-state index contributed by atoms with van der Waals surface area (Å²) in [6.07, 6.45) is 2.97. The van der Waals surface area contributed by atoms with Crippen LogP contribution in [0, 0.1) is 11.8 Å². The predicted octanol–water partition coefficient (Wildman–Crippen LogP) is 3.04. The van der Waals surface area contributed by atoms with E-state index < -0.39 is 0 Å². The summed E-state index contributed by atoms with van der Waals surface area (Å²) in [5, 5.41) is 0. The summed E-state index contributed by atoms with van der Waals surface area (Å²) in [7, 11) is 1.68. The Hall–Kier alpha value is -1.42. The summed E-state index contributed by atoms with van der Waals surface area (Å²) in [6.45, 7) is 2.14. The molecular weight excluding hydrogens is 172 g/mol. The molecule has 14 heavy (non-hydrogen) atoms. The highest BCUT2D eigenvalue weighted by Crippen LogP contribution is 2.11. The molecule has 0 saturated heterocycles. The van der Waals surface area contributed by atoms with Crippen LogP contribution < -0.4 is 4.74 Å². The van der Waals surface area contributed by atoms with Crippen molar-refractivity contribution in [2.75, 3.05) is 7.11 Å². The minimum absolute atomic E-state index is 0.837. The van der Waals surface area contributed by atoms with Crippen LogP contribution in [-0.4, -0.2) is 7.11 Å². The molecule has 1 aromatic carbocycles. The van der Waals surface area contributed by atoms with Gasteiger partial charge in [0.05, 0.1) is 7.11 Å². The van der Waals surface area contributed by atoms with Crippen molar-refractivity contribution >= 4 is 0 Å². The van der Waals surface area contributed by atoms with Crippen LogP contribution in [-0.2, 0) is 6.42 Å². The van der Waals surface area contributed by atoms with Crippen LogP contribution in [0.3, 0.4) is 0 Å². The molecule has 1 aromatic rings. The summed E-state index contributed by atoms with van der Waals surface area (Å²) >= 11 is 0. The maximum absolute atomic E-state index is 5.08. The van der Waals surface area contributed by atoms with E-state index in [4.69, 9.17) is 4.74 Å². The number of ether oxygens (including phenoxy) is 1. The summed E-state index contributed by atoms with van der Waals surface area (Å²) in [5.74, 6) is 7.18. The highest BCUT2D eigenvalue weighted by atomic mass is 16.5. The molecule has 1 rings (SSSR count). The van der Waals surface area contributed by atoms with Gasteiger partial charge in [-0.05, 0) is 24.1 Å². The quantitative estimate of drug-likeness (QED) is 0.662. The average Bonchev–Trinajstić information content (AvgIpc) is 2.25. The summed E-state index contributed by atoms with van der Waals surface area (Å²) < 4.78 is 5.08. The fourth-order valence-corrected chi connectivity index (χ4v) is 1.12. The van der Waals surface area contributed by atoms with Crippen molar-refractivity contribution in [2.45, 2.75) is 26.2 Å². The number of hydrogen-bond donors (Lipinski definition) is 0. The molecule has 74 valence electrons. The van der Waals surface area contributed by atoms with Gasteiger partial charge in [-0.1, -0.05) is 25.0 Å². The Morgan fingerprint density at radius 1 is 1.14 bits per heavy atom. The lowest BCUT2D eigenvalue weighted by Gasteiger charge is -1.99. The number of rotatable bonds is 3. The van der Waals surface area contributed by atoms with Gasteiger partial charge in [-0.15, -0.1) is 5.92 Å². The Labute approximate surface area is 86.1 Å². The van der Waals surface area contributed by atoms with Crippen molar-refractivity contribution in [1.29, 1.82) is 0 Å². The van der Waals surface area contributed by atoms with Gasteiger partial charge in [0.25, 0.3) is 0 Å². The van der Waals surface area contributed by atoms with Gasteiger partial charge in [0.1, 0.15) is 5.75 Å². The molecular formula is C13H16O. The number of hydrogen-bond acceptors (Lipinski definition) is 1. The van der Waals surface area contributed by atoms with E-state index in [0.717, 1.165) is 25.0 Å². The van der Waals surface area contributed by atoms with E-state index in [2.05, 4.69) is 30.9 Å². The molecule has 0 N–H and O–H groups in total. The molecule has 0 atom stereocenters. The second kappa shape index (κ2) is 6.10. The van der Waals surface area contributed by atoms with Crippen LogP contribution in [0.15, 0.2) is 24.3 Å². The second-order valence-corrected chi connectivity index (χ2v) is 3.13. The van der Waals surface area contributed by atoms with Gasteiger partial charge < -0.3 is 4.74 Å². The van der Waals surface area contributed by atoms with Gasteiger partial charge in [-0.3, -0.25) is 0 Å². The molecule has 0 aromatic heterocycles. The normalized spacial score (nSPS) is 9.00. The number of unbranched alkanes of at least 4 members (excludes halogenated alkanes) is 1. The largest absolute Gasteiger partial charge is 0.497 e. The van der Waals surface area contributed by atoms with Gasteiger partial charge >= 0.3 is 0 Å². The summed E-state index contributed by atoms with van der Waals surface area (Å²) in [5.41, 5.74) is 1.24. The zero-order valence-electron chi connectivity index (χ0n) is 8.84. The Bertz CT molecular complexity index is 313. The Morgan fingerprint density at radius 2 is 1.86 bits per heavy atom. The van der Waals surface area contributed by atoms with Crippen LogP contribution in [0.4, 0.5) is 0 Å². The SMILES string of the molecule is CCCC#CCc1ccc(OC)cc1. The molecule has 0 radical (unpaired) electrons. The molecule has 0 bridgehead atoms. The van der Waals surface area contributed by atoms with Crippen molar-refractivity contribution in [1.82, 2.24) is 0 Å². The van der Waals surface area contributed by atoms with Crippen LogP contribution in [0.2, 0.25) is 0 Å². The van der Waals surface area contributed by atoms with Crippen LogP contribution in [0.25, 0.3) is 0 Å². The first-order valence-electron chi connectivity index (χ1n) is 4.95. The molecule has 0 spiro atoms. The van der Waals surface area contributed by atoms with Crippen LogP contribution in [0.5, 0.6) is 5.75 Å². The van der Waals surface area contributed by atoms with E-state index in [-0.39, 0.29) is 0 Å². The van der Waals surface area contributed by atoms with Gasteiger partial charge in [-0.2, -0.15) is 0 Å². The third kappa shape index (κ3) is 3.53. The Kier molecular flexibility index (Phi) is 4.64. The van der Waals surface area contributed by atoms with E-state index in [1.165, 1.54) is 5.56 Å². The lowest BCUT2D eigenvalue weighted by atomic mass is 10.1. The number of methoxy groups -OCH3 is 1. The van der Waals surface area contributed by atoms with E-state index in [9.17, 15) is 0 Å². The number of benzene rings is 1. The van der Waals surface area contributed by atoms with Gasteiger partial charge in [0, 0.05) is 12.8 Å². The maximum Gasteiger partial charge on any atom is 0.118 e. The monoisotopic (exact) mass is 188 g/mol. The molecule has 0 unspecified atom stereocenters. The molecule has 0 saturated carbocycles. The van der Waals surface area contributed by atoms with Crippen molar-refractivity contribution in [3.8, 4) is 17.6 Å². The first-order valence-corrected chi connectivity index (χ1v) is 4.95. The third-order valence-electron chi connectivity index (χ3n) is 1.95. The zero-order valence-corrected chi connectivity index (χ0v) is 8.84. The molecule has 0 aliphatic rings. The Balaban J connectivity index is 2.49. The van der Waals surface area contributed by atoms with E-state index in [1.54, 1.807) is 7.11 Å². The topological polar surface area (TPSA) is 9.23 Å². The smallest absolute Gasteiger partial charge is 0.118 e. The van der Waals surface area contributed by atoms with Gasteiger partial charge in [-0.25, -0.2) is 0 Å². The molecule has 0 aliphatic heterocycles. The molecule has 1 nitrogen and oxygen atoms in total. The maximum atomic E-state index is 5.08. The van der Waals surface area contributed by atoms with Crippen LogP contribution >= 0.6 is 0 Å². The molecule has 1 heteroatoms. The van der Waals surface area contributed by atoms with E-state index in [0.29, 0.717) is 0 Å². The fourth-order valence-electron chi connectivity index (χ4n) is 1.12. The summed E-state index contributed by atoms with van der Waals surface area (Å²) in [4.78, 5) is 0. The highest BCUT2D eigenvalue weighted by Gasteiger charge is 1.91. The van der Waals surface area contributed by atoms with Crippen molar-refractivity contribution in [2.24, 2.45) is 0 Å². The standard InChI is InChI=1S/C13H16O/c1-3-4-5-6-7-12-8-10-13(14-2)11-9-12/h8-11H,3-4,7H2,1-2H3. The first kappa shape index (κ1) is 10.7. The predicted molar refractivity (Wildman–Crippen MR) is 59.4 cm³/mol. The minimum Gasteiger partial charge on any atom is -0.497 e. The van der Waals surface area contributed by atoms with E-state index >= 15 is 0 Å². The van der Waals surface area contributed by atoms with Gasteiger partial charge in [0.15, 0.2) is 0 Å².